The Hall–Kier alpha value is -3.93. The number of carbonyl (C=O) groups is 1. The number of halogens is 3. The number of para-hydroxylation sites is 1. The summed E-state index contributed by atoms with van der Waals surface area (Å²) in [6.45, 7) is 0. The van der Waals surface area contributed by atoms with Crippen LogP contribution < -0.4 is 4.74 Å². The third kappa shape index (κ3) is 6.57. The fourth-order valence-electron chi connectivity index (χ4n) is 3.83. The van der Waals surface area contributed by atoms with Crippen molar-refractivity contribution in [3.05, 3.63) is 120 Å². The van der Waals surface area contributed by atoms with Crippen LogP contribution in [0, 0.1) is 0 Å². The summed E-state index contributed by atoms with van der Waals surface area (Å²) < 4.78 is 47.6. The SMILES string of the molecule is O=C(CCc1cccnc1)Cc1ccc(C(Oc2ccccc2-c2ccccc2)C(F)(F)F)cc1. The zero-order chi connectivity index (χ0) is 24.7. The molecule has 178 valence electrons. The molecule has 1 unspecified atom stereocenters. The van der Waals surface area contributed by atoms with Crippen molar-refractivity contribution < 1.29 is 22.7 Å². The molecule has 6 heteroatoms. The van der Waals surface area contributed by atoms with Crippen LogP contribution in [0.4, 0.5) is 13.2 Å². The molecule has 4 aromatic rings. The van der Waals surface area contributed by atoms with E-state index in [1.165, 1.54) is 18.2 Å². The first-order valence-electron chi connectivity index (χ1n) is 11.3. The molecule has 1 heterocycles. The molecule has 0 saturated carbocycles. The van der Waals surface area contributed by atoms with Gasteiger partial charge in [0.1, 0.15) is 11.5 Å². The molecule has 0 saturated heterocycles. The van der Waals surface area contributed by atoms with E-state index in [9.17, 15) is 18.0 Å². The van der Waals surface area contributed by atoms with E-state index in [0.29, 0.717) is 24.0 Å². The largest absolute Gasteiger partial charge is 0.476 e. The van der Waals surface area contributed by atoms with Crippen LogP contribution in [0.1, 0.15) is 29.2 Å². The lowest BCUT2D eigenvalue weighted by Crippen LogP contribution is -2.26. The van der Waals surface area contributed by atoms with E-state index < -0.39 is 12.3 Å². The maximum absolute atomic E-state index is 14.0. The quantitative estimate of drug-likeness (QED) is 0.258. The normalized spacial score (nSPS) is 12.2. The zero-order valence-electron chi connectivity index (χ0n) is 18.9. The predicted molar refractivity (Wildman–Crippen MR) is 129 cm³/mol. The van der Waals surface area contributed by atoms with Crippen molar-refractivity contribution in [3.63, 3.8) is 0 Å². The van der Waals surface area contributed by atoms with E-state index in [2.05, 4.69) is 4.98 Å². The maximum Gasteiger partial charge on any atom is 0.429 e. The third-order valence-corrected chi connectivity index (χ3v) is 5.61. The molecule has 0 spiro atoms. The molecule has 1 atom stereocenters. The minimum Gasteiger partial charge on any atom is -0.476 e. The minimum absolute atomic E-state index is 0.0158. The van der Waals surface area contributed by atoms with E-state index in [1.807, 2.05) is 42.5 Å². The van der Waals surface area contributed by atoms with Gasteiger partial charge in [-0.3, -0.25) is 9.78 Å². The Morgan fingerprint density at radius 3 is 2.23 bits per heavy atom. The van der Waals surface area contributed by atoms with Crippen LogP contribution in [-0.2, 0) is 17.6 Å². The Labute approximate surface area is 202 Å². The van der Waals surface area contributed by atoms with Crippen LogP contribution in [0.5, 0.6) is 5.75 Å². The summed E-state index contributed by atoms with van der Waals surface area (Å²) in [5, 5.41) is 0. The van der Waals surface area contributed by atoms with Crippen molar-refractivity contribution in [2.45, 2.75) is 31.5 Å². The number of alkyl halides is 3. The van der Waals surface area contributed by atoms with Gasteiger partial charge in [-0.2, -0.15) is 13.2 Å². The second-order valence-electron chi connectivity index (χ2n) is 8.22. The molecule has 0 bridgehead atoms. The number of benzene rings is 3. The van der Waals surface area contributed by atoms with Gasteiger partial charge in [0.2, 0.25) is 6.10 Å². The van der Waals surface area contributed by atoms with Crippen molar-refractivity contribution in [3.8, 4) is 16.9 Å². The number of ether oxygens (including phenoxy) is 1. The van der Waals surface area contributed by atoms with Gasteiger partial charge in [-0.25, -0.2) is 0 Å². The Kier molecular flexibility index (Phi) is 7.60. The van der Waals surface area contributed by atoms with E-state index in [0.717, 1.165) is 11.1 Å². The highest BCUT2D eigenvalue weighted by atomic mass is 19.4. The number of hydrogen-bond acceptors (Lipinski definition) is 3. The minimum atomic E-state index is -4.62. The van der Waals surface area contributed by atoms with Crippen LogP contribution in [-0.4, -0.2) is 16.9 Å². The molecule has 0 N–H and O–H groups in total. The highest BCUT2D eigenvalue weighted by molar-refractivity contribution is 5.81. The van der Waals surface area contributed by atoms with E-state index in [1.54, 1.807) is 42.7 Å². The highest BCUT2D eigenvalue weighted by Crippen LogP contribution is 2.40. The van der Waals surface area contributed by atoms with Gasteiger partial charge in [-0.15, -0.1) is 0 Å². The second kappa shape index (κ2) is 11.0. The number of hydrogen-bond donors (Lipinski definition) is 0. The van der Waals surface area contributed by atoms with Crippen molar-refractivity contribution in [1.82, 2.24) is 4.98 Å². The van der Waals surface area contributed by atoms with Crippen LogP contribution in [0.15, 0.2) is 103 Å². The average molecular weight is 476 g/mol. The molecule has 1 aromatic heterocycles. The molecule has 35 heavy (non-hydrogen) atoms. The zero-order valence-corrected chi connectivity index (χ0v) is 18.9. The number of carbonyl (C=O) groups excluding carboxylic acids is 1. The number of aryl methyl sites for hydroxylation is 1. The lowest BCUT2D eigenvalue weighted by molar-refractivity contribution is -0.197. The third-order valence-electron chi connectivity index (χ3n) is 5.61. The van der Waals surface area contributed by atoms with Gasteiger partial charge in [0.25, 0.3) is 0 Å². The lowest BCUT2D eigenvalue weighted by Gasteiger charge is -2.24. The van der Waals surface area contributed by atoms with Gasteiger partial charge in [0.15, 0.2) is 0 Å². The van der Waals surface area contributed by atoms with Crippen LogP contribution >= 0.6 is 0 Å². The van der Waals surface area contributed by atoms with Gasteiger partial charge in [-0.05, 0) is 35.2 Å². The van der Waals surface area contributed by atoms with E-state index >= 15 is 0 Å². The molecule has 0 aliphatic heterocycles. The van der Waals surface area contributed by atoms with Gasteiger partial charge in [0.05, 0.1) is 0 Å². The molecule has 0 fully saturated rings. The fraction of sp³-hybridized carbons (Fsp3) is 0.172. The number of pyridine rings is 1. The molecule has 0 aliphatic carbocycles. The van der Waals surface area contributed by atoms with Gasteiger partial charge in [0, 0.05) is 36.4 Å². The number of nitrogens with zero attached hydrogens (tertiary/aromatic N) is 1. The van der Waals surface area contributed by atoms with Crippen molar-refractivity contribution in [2.24, 2.45) is 0 Å². The smallest absolute Gasteiger partial charge is 0.429 e. The standard InChI is InChI=1S/C29H24F3NO2/c30-29(31,32)28(35-27-11-5-4-10-26(27)23-8-2-1-3-9-23)24-15-12-21(13-16-24)19-25(34)17-14-22-7-6-18-33-20-22/h1-13,15-16,18,20,28H,14,17,19H2. The molecule has 0 radical (unpaired) electrons. The highest BCUT2D eigenvalue weighted by Gasteiger charge is 2.43. The number of rotatable bonds is 9. The molecular weight excluding hydrogens is 451 g/mol. The summed E-state index contributed by atoms with van der Waals surface area (Å²) in [4.78, 5) is 16.4. The summed E-state index contributed by atoms with van der Waals surface area (Å²) in [6, 6.07) is 25.4. The predicted octanol–water partition coefficient (Wildman–Crippen LogP) is 7.18. The Morgan fingerprint density at radius 1 is 0.829 bits per heavy atom. The number of ketones is 1. The van der Waals surface area contributed by atoms with Crippen molar-refractivity contribution in [1.29, 1.82) is 0 Å². The van der Waals surface area contributed by atoms with Crippen LogP contribution in [0.3, 0.4) is 0 Å². The molecule has 3 aromatic carbocycles. The molecule has 0 amide bonds. The molecule has 4 rings (SSSR count). The van der Waals surface area contributed by atoms with Gasteiger partial charge in [-0.1, -0.05) is 78.9 Å². The summed E-state index contributed by atoms with van der Waals surface area (Å²) in [6.07, 6.45) is -2.28. The summed E-state index contributed by atoms with van der Waals surface area (Å²) in [7, 11) is 0. The Bertz CT molecular complexity index is 1240. The Balaban J connectivity index is 1.48. The first kappa shape index (κ1) is 24.2. The molecule has 3 nitrogen and oxygen atoms in total. The Morgan fingerprint density at radius 2 is 1.54 bits per heavy atom. The van der Waals surface area contributed by atoms with E-state index in [-0.39, 0.29) is 23.5 Å². The van der Waals surface area contributed by atoms with Crippen LogP contribution in [0.2, 0.25) is 0 Å². The van der Waals surface area contributed by atoms with E-state index in [4.69, 9.17) is 4.74 Å². The van der Waals surface area contributed by atoms with Crippen molar-refractivity contribution >= 4 is 5.78 Å². The summed E-state index contributed by atoms with van der Waals surface area (Å²) in [5.41, 5.74) is 2.96. The monoisotopic (exact) mass is 475 g/mol. The number of Topliss-reactive ketones (excluding diaryl/α,β-unsaturated/α-hetero) is 1. The lowest BCUT2D eigenvalue weighted by atomic mass is 10.0. The van der Waals surface area contributed by atoms with Gasteiger partial charge < -0.3 is 4.74 Å². The average Bonchev–Trinajstić information content (AvgIpc) is 2.87. The fourth-order valence-corrected chi connectivity index (χ4v) is 3.83. The summed E-state index contributed by atoms with van der Waals surface area (Å²) in [5.74, 6) is 0.165. The maximum atomic E-state index is 14.0. The number of aromatic nitrogens is 1. The molecular formula is C29H24F3NO2. The van der Waals surface area contributed by atoms with Gasteiger partial charge >= 0.3 is 6.18 Å². The first-order chi connectivity index (χ1) is 16.9. The van der Waals surface area contributed by atoms with Crippen molar-refractivity contribution in [2.75, 3.05) is 0 Å². The first-order valence-corrected chi connectivity index (χ1v) is 11.3. The summed E-state index contributed by atoms with van der Waals surface area (Å²) >= 11 is 0. The molecule has 0 aliphatic rings. The van der Waals surface area contributed by atoms with Crippen LogP contribution in [0.25, 0.3) is 11.1 Å². The second-order valence-corrected chi connectivity index (χ2v) is 8.22. The topological polar surface area (TPSA) is 39.2 Å².